The molecule has 1 atom stereocenters. The van der Waals surface area contributed by atoms with Crippen LogP contribution in [0.2, 0.25) is 0 Å². The lowest BCUT2D eigenvalue weighted by molar-refractivity contribution is 0.0363. The van der Waals surface area contributed by atoms with Crippen LogP contribution in [-0.2, 0) is 4.74 Å². The van der Waals surface area contributed by atoms with Gasteiger partial charge in [0.1, 0.15) is 0 Å². The summed E-state index contributed by atoms with van der Waals surface area (Å²) < 4.78 is 5.08. The van der Waals surface area contributed by atoms with Crippen molar-refractivity contribution >= 4 is 0 Å². The summed E-state index contributed by atoms with van der Waals surface area (Å²) in [6.45, 7) is 2.95. The summed E-state index contributed by atoms with van der Waals surface area (Å²) in [5.74, 6) is 0. The van der Waals surface area contributed by atoms with Crippen molar-refractivity contribution < 1.29 is 9.84 Å². The molecule has 0 aliphatic heterocycles. The van der Waals surface area contributed by atoms with Crippen molar-refractivity contribution in [3.8, 4) is 0 Å². The number of nitrogens with two attached hydrogens (primary N) is 1. The SMILES string of the molecule is CCC1(C(N)CCOC)CCC(O)CC1. The molecule has 3 N–H and O–H groups in total. The van der Waals surface area contributed by atoms with E-state index in [1.165, 1.54) is 0 Å². The van der Waals surface area contributed by atoms with E-state index < -0.39 is 0 Å². The van der Waals surface area contributed by atoms with Gasteiger partial charge >= 0.3 is 0 Å². The van der Waals surface area contributed by atoms with Gasteiger partial charge in [-0.3, -0.25) is 0 Å². The van der Waals surface area contributed by atoms with E-state index in [1.807, 2.05) is 0 Å². The molecule has 0 aromatic carbocycles. The van der Waals surface area contributed by atoms with Gasteiger partial charge in [0, 0.05) is 19.8 Å². The maximum absolute atomic E-state index is 9.53. The smallest absolute Gasteiger partial charge is 0.0540 e. The predicted molar refractivity (Wildman–Crippen MR) is 61.7 cm³/mol. The molecule has 90 valence electrons. The van der Waals surface area contributed by atoms with Gasteiger partial charge in [-0.2, -0.15) is 0 Å². The number of hydrogen-bond acceptors (Lipinski definition) is 3. The normalized spacial score (nSPS) is 34.0. The quantitative estimate of drug-likeness (QED) is 0.733. The zero-order valence-electron chi connectivity index (χ0n) is 10.0. The third kappa shape index (κ3) is 3.16. The van der Waals surface area contributed by atoms with Crippen molar-refractivity contribution in [3.05, 3.63) is 0 Å². The van der Waals surface area contributed by atoms with E-state index in [1.54, 1.807) is 7.11 Å². The molecule has 0 heterocycles. The first-order valence-electron chi connectivity index (χ1n) is 6.07. The Morgan fingerprint density at radius 3 is 2.53 bits per heavy atom. The van der Waals surface area contributed by atoms with Crippen LogP contribution in [0.1, 0.15) is 45.4 Å². The summed E-state index contributed by atoms with van der Waals surface area (Å²) >= 11 is 0. The Bertz CT molecular complexity index is 176. The highest BCUT2D eigenvalue weighted by Crippen LogP contribution is 2.42. The van der Waals surface area contributed by atoms with Crippen LogP contribution in [0.25, 0.3) is 0 Å². The number of aliphatic hydroxyl groups excluding tert-OH is 1. The highest BCUT2D eigenvalue weighted by molar-refractivity contribution is 4.92. The number of methoxy groups -OCH3 is 1. The van der Waals surface area contributed by atoms with Gasteiger partial charge in [-0.25, -0.2) is 0 Å². The van der Waals surface area contributed by atoms with Crippen LogP contribution >= 0.6 is 0 Å². The maximum Gasteiger partial charge on any atom is 0.0540 e. The molecule has 15 heavy (non-hydrogen) atoms. The third-order valence-corrected chi connectivity index (χ3v) is 4.07. The Labute approximate surface area is 93.0 Å². The van der Waals surface area contributed by atoms with E-state index in [4.69, 9.17) is 10.5 Å². The van der Waals surface area contributed by atoms with Crippen LogP contribution in [0.15, 0.2) is 0 Å². The monoisotopic (exact) mass is 215 g/mol. The Hall–Kier alpha value is -0.120. The van der Waals surface area contributed by atoms with Crippen LogP contribution in [0.3, 0.4) is 0 Å². The highest BCUT2D eigenvalue weighted by atomic mass is 16.5. The van der Waals surface area contributed by atoms with Crippen molar-refractivity contribution in [2.45, 2.75) is 57.6 Å². The van der Waals surface area contributed by atoms with Crippen LogP contribution < -0.4 is 5.73 Å². The number of aliphatic hydroxyl groups is 1. The van der Waals surface area contributed by atoms with Crippen LogP contribution in [0.5, 0.6) is 0 Å². The molecule has 3 heteroatoms. The lowest BCUT2D eigenvalue weighted by Crippen LogP contribution is -2.45. The molecule has 0 aromatic rings. The predicted octanol–water partition coefficient (Wildman–Crippen LogP) is 1.68. The Morgan fingerprint density at radius 1 is 1.47 bits per heavy atom. The number of hydrogen-bond donors (Lipinski definition) is 2. The summed E-state index contributed by atoms with van der Waals surface area (Å²) in [4.78, 5) is 0. The lowest BCUT2D eigenvalue weighted by Gasteiger charge is -2.43. The fourth-order valence-corrected chi connectivity index (χ4v) is 2.72. The molecule has 0 aromatic heterocycles. The number of rotatable bonds is 5. The zero-order chi connectivity index (χ0) is 11.3. The summed E-state index contributed by atoms with van der Waals surface area (Å²) in [6, 6.07) is 0.218. The second-order valence-electron chi connectivity index (χ2n) is 4.84. The molecule has 1 aliphatic rings. The van der Waals surface area contributed by atoms with Crippen molar-refractivity contribution in [1.82, 2.24) is 0 Å². The van der Waals surface area contributed by atoms with Gasteiger partial charge in [-0.05, 0) is 43.9 Å². The molecule has 1 rings (SSSR count). The van der Waals surface area contributed by atoms with Crippen LogP contribution in [0.4, 0.5) is 0 Å². The molecular formula is C12H25NO2. The van der Waals surface area contributed by atoms with Crippen molar-refractivity contribution in [2.24, 2.45) is 11.1 Å². The molecule has 1 aliphatic carbocycles. The molecule has 1 fully saturated rings. The largest absolute Gasteiger partial charge is 0.393 e. The van der Waals surface area contributed by atoms with E-state index in [0.717, 1.165) is 45.1 Å². The first kappa shape index (κ1) is 12.9. The zero-order valence-corrected chi connectivity index (χ0v) is 10.0. The third-order valence-electron chi connectivity index (χ3n) is 4.07. The van der Waals surface area contributed by atoms with E-state index in [9.17, 15) is 5.11 Å². The van der Waals surface area contributed by atoms with Crippen LogP contribution in [0, 0.1) is 5.41 Å². The molecule has 3 nitrogen and oxygen atoms in total. The van der Waals surface area contributed by atoms with Gasteiger partial charge in [0.05, 0.1) is 6.10 Å². The molecule has 0 saturated heterocycles. The first-order valence-corrected chi connectivity index (χ1v) is 6.07. The second kappa shape index (κ2) is 5.83. The van der Waals surface area contributed by atoms with Gasteiger partial charge in [-0.15, -0.1) is 0 Å². The van der Waals surface area contributed by atoms with Gasteiger partial charge in [0.2, 0.25) is 0 Å². The van der Waals surface area contributed by atoms with Crippen LogP contribution in [-0.4, -0.2) is 31.0 Å². The van der Waals surface area contributed by atoms with Crippen molar-refractivity contribution in [2.75, 3.05) is 13.7 Å². The minimum Gasteiger partial charge on any atom is -0.393 e. The summed E-state index contributed by atoms with van der Waals surface area (Å²) in [5.41, 5.74) is 6.51. The Kier molecular flexibility index (Phi) is 5.03. The molecule has 1 unspecified atom stereocenters. The average Bonchev–Trinajstić information content (AvgIpc) is 2.27. The molecule has 0 spiro atoms. The maximum atomic E-state index is 9.53. The van der Waals surface area contributed by atoms with Gasteiger partial charge in [0.15, 0.2) is 0 Å². The minimum atomic E-state index is -0.0979. The standard InChI is InChI=1S/C12H25NO2/c1-3-12(11(13)6-9-15-2)7-4-10(14)5-8-12/h10-11,14H,3-9,13H2,1-2H3. The van der Waals surface area contributed by atoms with Gasteiger partial charge in [-0.1, -0.05) is 6.92 Å². The average molecular weight is 215 g/mol. The molecule has 1 saturated carbocycles. The van der Waals surface area contributed by atoms with E-state index in [2.05, 4.69) is 6.92 Å². The van der Waals surface area contributed by atoms with Crippen molar-refractivity contribution in [3.63, 3.8) is 0 Å². The lowest BCUT2D eigenvalue weighted by atomic mass is 9.66. The van der Waals surface area contributed by atoms with E-state index in [-0.39, 0.29) is 17.6 Å². The molecule has 0 radical (unpaired) electrons. The van der Waals surface area contributed by atoms with Gasteiger partial charge < -0.3 is 15.6 Å². The first-order chi connectivity index (χ1) is 7.14. The molecule has 0 bridgehead atoms. The number of ether oxygens (including phenoxy) is 1. The highest BCUT2D eigenvalue weighted by Gasteiger charge is 2.37. The fraction of sp³-hybridized carbons (Fsp3) is 1.00. The van der Waals surface area contributed by atoms with E-state index in [0.29, 0.717) is 0 Å². The summed E-state index contributed by atoms with van der Waals surface area (Å²) in [7, 11) is 1.72. The summed E-state index contributed by atoms with van der Waals surface area (Å²) in [6.07, 6.45) is 5.90. The second-order valence-corrected chi connectivity index (χ2v) is 4.84. The molecular weight excluding hydrogens is 190 g/mol. The Balaban J connectivity index is 2.51. The topological polar surface area (TPSA) is 55.5 Å². The summed E-state index contributed by atoms with van der Waals surface area (Å²) in [5, 5.41) is 9.53. The fourth-order valence-electron chi connectivity index (χ4n) is 2.72. The minimum absolute atomic E-state index is 0.0979. The van der Waals surface area contributed by atoms with E-state index >= 15 is 0 Å². The van der Waals surface area contributed by atoms with Gasteiger partial charge in [0.25, 0.3) is 0 Å². The Morgan fingerprint density at radius 2 is 2.07 bits per heavy atom. The molecule has 0 amide bonds. The van der Waals surface area contributed by atoms with Crippen molar-refractivity contribution in [1.29, 1.82) is 0 Å².